The number of amides is 1. The van der Waals surface area contributed by atoms with Gasteiger partial charge in [0.05, 0.1) is 6.61 Å². The molecule has 7 nitrogen and oxygen atoms in total. The van der Waals surface area contributed by atoms with Crippen molar-refractivity contribution in [3.63, 3.8) is 0 Å². The fraction of sp³-hybridized carbons (Fsp3) is 0.875. The Labute approximate surface area is 163 Å². The monoisotopic (exact) mass is 455 g/mol. The molecule has 24 heavy (non-hydrogen) atoms. The molecule has 1 fully saturated rings. The number of ether oxygens (including phenoxy) is 1. The fourth-order valence-corrected chi connectivity index (χ4v) is 2.79. The summed E-state index contributed by atoms with van der Waals surface area (Å²) in [5.74, 6) is 0.822. The SMILES string of the molecule is CCN(CC)C1CCN(C(=NCC(=O)N(C)C)NCCOC)C1.I. The molecule has 1 aliphatic heterocycles. The molecule has 1 heterocycles. The molecule has 0 aliphatic carbocycles. The zero-order chi connectivity index (χ0) is 17.2. The van der Waals surface area contributed by atoms with E-state index in [1.165, 1.54) is 0 Å². The topological polar surface area (TPSA) is 60.4 Å². The highest BCUT2D eigenvalue weighted by molar-refractivity contribution is 14.0. The number of methoxy groups -OCH3 is 1. The van der Waals surface area contributed by atoms with Gasteiger partial charge < -0.3 is 19.9 Å². The standard InChI is InChI=1S/C16H33N5O2.HI/c1-6-20(7-2)14-8-10-21(13-14)16(17-9-11-23-5)18-12-15(22)19(3)4;/h14H,6-13H2,1-5H3,(H,17,18);1H. The van der Waals surface area contributed by atoms with Crippen LogP contribution in [0.3, 0.4) is 0 Å². The number of guanidine groups is 1. The number of carbonyl (C=O) groups is 1. The number of hydrogen-bond acceptors (Lipinski definition) is 4. The number of aliphatic imine (C=N–C) groups is 1. The third kappa shape index (κ3) is 7.52. The highest BCUT2D eigenvalue weighted by atomic mass is 127. The summed E-state index contributed by atoms with van der Waals surface area (Å²) in [5.41, 5.74) is 0. The molecule has 1 atom stereocenters. The van der Waals surface area contributed by atoms with Gasteiger partial charge in [-0.3, -0.25) is 9.69 Å². The van der Waals surface area contributed by atoms with Crippen molar-refractivity contribution in [1.29, 1.82) is 0 Å². The summed E-state index contributed by atoms with van der Waals surface area (Å²) in [6, 6.07) is 0.559. The average molecular weight is 455 g/mol. The predicted octanol–water partition coefficient (Wildman–Crippen LogP) is 0.701. The Morgan fingerprint density at radius 2 is 2.00 bits per heavy atom. The molecule has 1 unspecified atom stereocenters. The average Bonchev–Trinajstić information content (AvgIpc) is 3.01. The van der Waals surface area contributed by atoms with Crippen LogP contribution in [0.2, 0.25) is 0 Å². The van der Waals surface area contributed by atoms with E-state index in [4.69, 9.17) is 4.74 Å². The van der Waals surface area contributed by atoms with E-state index >= 15 is 0 Å². The highest BCUT2D eigenvalue weighted by Crippen LogP contribution is 2.15. The maximum absolute atomic E-state index is 11.8. The van der Waals surface area contributed by atoms with Gasteiger partial charge in [0.25, 0.3) is 0 Å². The predicted molar refractivity (Wildman–Crippen MR) is 109 cm³/mol. The van der Waals surface area contributed by atoms with Crippen LogP contribution in [-0.2, 0) is 9.53 Å². The van der Waals surface area contributed by atoms with Crippen LogP contribution in [0.5, 0.6) is 0 Å². The summed E-state index contributed by atoms with van der Waals surface area (Å²) < 4.78 is 5.09. The van der Waals surface area contributed by atoms with Gasteiger partial charge in [0, 0.05) is 46.9 Å². The lowest BCUT2D eigenvalue weighted by molar-refractivity contribution is -0.127. The molecule has 1 rings (SSSR count). The van der Waals surface area contributed by atoms with Crippen molar-refractivity contribution in [1.82, 2.24) is 20.0 Å². The lowest BCUT2D eigenvalue weighted by atomic mass is 10.2. The molecule has 0 aromatic carbocycles. The molecular weight excluding hydrogens is 421 g/mol. The van der Waals surface area contributed by atoms with Gasteiger partial charge in [0.15, 0.2) is 5.96 Å². The Morgan fingerprint density at radius 1 is 1.33 bits per heavy atom. The van der Waals surface area contributed by atoms with Gasteiger partial charge in [0.2, 0.25) is 5.91 Å². The van der Waals surface area contributed by atoms with Gasteiger partial charge in [-0.25, -0.2) is 4.99 Å². The summed E-state index contributed by atoms with van der Waals surface area (Å²) in [5, 5.41) is 3.31. The van der Waals surface area contributed by atoms with Crippen LogP contribution in [0.4, 0.5) is 0 Å². The van der Waals surface area contributed by atoms with Crippen molar-refractivity contribution in [2.75, 3.05) is 67.1 Å². The molecule has 0 spiro atoms. The highest BCUT2D eigenvalue weighted by Gasteiger charge is 2.28. The maximum Gasteiger partial charge on any atom is 0.243 e. The Kier molecular flexibility index (Phi) is 12.4. The van der Waals surface area contributed by atoms with E-state index in [9.17, 15) is 4.79 Å². The molecular formula is C16H34IN5O2. The first-order chi connectivity index (χ1) is 11.0. The van der Waals surface area contributed by atoms with Gasteiger partial charge in [-0.15, -0.1) is 24.0 Å². The second-order valence-electron chi connectivity index (χ2n) is 5.96. The van der Waals surface area contributed by atoms with Crippen molar-refractivity contribution in [2.45, 2.75) is 26.3 Å². The number of halogens is 1. The molecule has 1 amide bonds. The fourth-order valence-electron chi connectivity index (χ4n) is 2.79. The molecule has 0 bridgehead atoms. The molecule has 0 aromatic rings. The third-order valence-corrected chi connectivity index (χ3v) is 4.24. The van der Waals surface area contributed by atoms with Gasteiger partial charge in [0.1, 0.15) is 6.54 Å². The number of likely N-dealkylation sites (N-methyl/N-ethyl adjacent to an activating group) is 2. The van der Waals surface area contributed by atoms with Gasteiger partial charge in [-0.05, 0) is 19.5 Å². The van der Waals surface area contributed by atoms with Gasteiger partial charge in [-0.2, -0.15) is 0 Å². The van der Waals surface area contributed by atoms with Crippen molar-refractivity contribution in [3.8, 4) is 0 Å². The Balaban J connectivity index is 0.00000529. The Bertz CT molecular complexity index is 389. The number of nitrogens with zero attached hydrogens (tertiary/aromatic N) is 4. The second-order valence-corrected chi connectivity index (χ2v) is 5.96. The van der Waals surface area contributed by atoms with Crippen LogP contribution in [0.15, 0.2) is 4.99 Å². The number of nitrogens with one attached hydrogen (secondary N) is 1. The lowest BCUT2D eigenvalue weighted by Crippen LogP contribution is -2.44. The minimum absolute atomic E-state index is 0. The molecule has 1 aliphatic rings. The smallest absolute Gasteiger partial charge is 0.243 e. The van der Waals surface area contributed by atoms with Crippen molar-refractivity contribution >= 4 is 35.8 Å². The van der Waals surface area contributed by atoms with Gasteiger partial charge >= 0.3 is 0 Å². The molecule has 0 saturated carbocycles. The zero-order valence-electron chi connectivity index (χ0n) is 15.7. The molecule has 1 saturated heterocycles. The van der Waals surface area contributed by atoms with Crippen LogP contribution >= 0.6 is 24.0 Å². The number of hydrogen-bond donors (Lipinski definition) is 1. The maximum atomic E-state index is 11.8. The first-order valence-corrected chi connectivity index (χ1v) is 8.49. The number of likely N-dealkylation sites (tertiary alicyclic amines) is 1. The van der Waals surface area contributed by atoms with Crippen molar-refractivity contribution in [2.24, 2.45) is 4.99 Å². The van der Waals surface area contributed by atoms with Crippen LogP contribution < -0.4 is 5.32 Å². The van der Waals surface area contributed by atoms with E-state index in [1.807, 2.05) is 0 Å². The summed E-state index contributed by atoms with van der Waals surface area (Å²) in [4.78, 5) is 22.6. The molecule has 142 valence electrons. The quantitative estimate of drug-likeness (QED) is 0.253. The van der Waals surface area contributed by atoms with Crippen molar-refractivity contribution < 1.29 is 9.53 Å². The summed E-state index contributed by atoms with van der Waals surface area (Å²) >= 11 is 0. The zero-order valence-corrected chi connectivity index (χ0v) is 18.1. The van der Waals surface area contributed by atoms with E-state index in [-0.39, 0.29) is 36.4 Å². The largest absolute Gasteiger partial charge is 0.383 e. The summed E-state index contributed by atoms with van der Waals surface area (Å²) in [6.45, 7) is 9.95. The lowest BCUT2D eigenvalue weighted by Gasteiger charge is -2.27. The molecule has 8 heteroatoms. The number of carbonyl (C=O) groups excluding carboxylic acids is 1. The normalized spacial score (nSPS) is 17.8. The van der Waals surface area contributed by atoms with Crippen LogP contribution in [-0.4, -0.2) is 99.7 Å². The van der Waals surface area contributed by atoms with E-state index in [0.717, 1.165) is 38.6 Å². The van der Waals surface area contributed by atoms with E-state index in [2.05, 4.69) is 34.0 Å². The first kappa shape index (κ1) is 23.4. The second kappa shape index (κ2) is 12.7. The number of rotatable bonds is 8. The van der Waals surface area contributed by atoms with Crippen molar-refractivity contribution in [3.05, 3.63) is 0 Å². The Morgan fingerprint density at radius 3 is 2.54 bits per heavy atom. The first-order valence-electron chi connectivity index (χ1n) is 8.49. The molecule has 0 radical (unpaired) electrons. The summed E-state index contributed by atoms with van der Waals surface area (Å²) in [7, 11) is 5.19. The Hall–Kier alpha value is -0.610. The van der Waals surface area contributed by atoms with E-state index in [0.29, 0.717) is 19.2 Å². The van der Waals surface area contributed by atoms with Crippen LogP contribution in [0.25, 0.3) is 0 Å². The minimum atomic E-state index is 0. The molecule has 1 N–H and O–H groups in total. The van der Waals surface area contributed by atoms with Gasteiger partial charge in [-0.1, -0.05) is 13.8 Å². The van der Waals surface area contributed by atoms with Crippen LogP contribution in [0, 0.1) is 0 Å². The van der Waals surface area contributed by atoms with E-state index < -0.39 is 0 Å². The minimum Gasteiger partial charge on any atom is -0.383 e. The molecule has 0 aromatic heterocycles. The third-order valence-electron chi connectivity index (χ3n) is 4.24. The van der Waals surface area contributed by atoms with E-state index in [1.54, 1.807) is 26.1 Å². The summed E-state index contributed by atoms with van der Waals surface area (Å²) in [6.07, 6.45) is 1.13. The van der Waals surface area contributed by atoms with Crippen LogP contribution in [0.1, 0.15) is 20.3 Å².